The zero-order valence-electron chi connectivity index (χ0n) is 13.5. The van der Waals surface area contributed by atoms with Crippen molar-refractivity contribution in [3.05, 3.63) is 74.7 Å². The number of rotatable bonds is 4. The van der Waals surface area contributed by atoms with Crippen LogP contribution < -0.4 is 0 Å². The Morgan fingerprint density at radius 1 is 1.08 bits per heavy atom. The number of halogens is 2. The Hall–Kier alpha value is -2.15. The Balaban J connectivity index is 2.17. The number of aliphatic hydroxyl groups is 2. The minimum atomic E-state index is -0.789. The molecule has 1 saturated heterocycles. The quantitative estimate of drug-likeness (QED) is 0.437. The second-order valence-electron chi connectivity index (χ2n) is 5.77. The van der Waals surface area contributed by atoms with E-state index >= 15 is 0 Å². The number of Topliss-reactive ketones (excluding diaryl/α,β-unsaturated/α-hetero) is 1. The minimum Gasteiger partial charge on any atom is -0.507 e. The van der Waals surface area contributed by atoms with Gasteiger partial charge in [-0.25, -0.2) is 0 Å². The number of carbonyl (C=O) groups excluding carboxylic acids is 2. The van der Waals surface area contributed by atoms with Crippen LogP contribution in [0.1, 0.15) is 17.2 Å². The molecule has 0 radical (unpaired) electrons. The highest BCUT2D eigenvalue weighted by Crippen LogP contribution is 2.39. The average molecular weight is 437 g/mol. The topological polar surface area (TPSA) is 77.8 Å². The number of aliphatic hydroxyl groups excluding tert-OH is 2. The van der Waals surface area contributed by atoms with E-state index in [4.69, 9.17) is 11.6 Å². The Morgan fingerprint density at radius 3 is 2.27 bits per heavy atom. The van der Waals surface area contributed by atoms with Gasteiger partial charge in [0.05, 0.1) is 18.2 Å². The molecule has 1 atom stereocenters. The van der Waals surface area contributed by atoms with Crippen LogP contribution in [-0.4, -0.2) is 40.0 Å². The summed E-state index contributed by atoms with van der Waals surface area (Å²) < 4.78 is 0.823. The van der Waals surface area contributed by atoms with Crippen molar-refractivity contribution in [3.8, 4) is 0 Å². The van der Waals surface area contributed by atoms with E-state index in [1.807, 2.05) is 0 Å². The molecule has 0 aromatic heterocycles. The lowest BCUT2D eigenvalue weighted by Gasteiger charge is -2.24. The molecule has 1 heterocycles. The average Bonchev–Trinajstić information content (AvgIpc) is 2.88. The summed E-state index contributed by atoms with van der Waals surface area (Å²) in [6.45, 7) is -0.315. The molecule has 5 nitrogen and oxygen atoms in total. The first-order valence-corrected chi connectivity index (χ1v) is 9.02. The Kier molecular flexibility index (Phi) is 5.46. The van der Waals surface area contributed by atoms with Gasteiger partial charge in [0.25, 0.3) is 11.7 Å². The molecule has 1 amide bonds. The van der Waals surface area contributed by atoms with E-state index in [2.05, 4.69) is 15.9 Å². The smallest absolute Gasteiger partial charge is 0.295 e. The largest absolute Gasteiger partial charge is 0.507 e. The van der Waals surface area contributed by atoms with E-state index in [9.17, 15) is 19.8 Å². The molecule has 0 spiro atoms. The lowest BCUT2D eigenvalue weighted by Crippen LogP contribution is -2.32. The molecule has 0 aliphatic carbocycles. The SMILES string of the molecule is O=C1C(=O)N(CCO)C(c2ccc(Cl)cc2)/C1=C(/O)c1ccc(Br)cc1. The number of carbonyl (C=O) groups is 2. The van der Waals surface area contributed by atoms with Gasteiger partial charge < -0.3 is 15.1 Å². The van der Waals surface area contributed by atoms with Crippen LogP contribution in [0.5, 0.6) is 0 Å². The highest BCUT2D eigenvalue weighted by molar-refractivity contribution is 9.10. The van der Waals surface area contributed by atoms with Crippen LogP contribution in [0.2, 0.25) is 5.02 Å². The minimum absolute atomic E-state index is 0.00639. The van der Waals surface area contributed by atoms with Gasteiger partial charge >= 0.3 is 0 Å². The second-order valence-corrected chi connectivity index (χ2v) is 7.13. The van der Waals surface area contributed by atoms with Crippen LogP contribution >= 0.6 is 27.5 Å². The van der Waals surface area contributed by atoms with Gasteiger partial charge in [0.2, 0.25) is 0 Å². The maximum Gasteiger partial charge on any atom is 0.295 e. The van der Waals surface area contributed by atoms with E-state index < -0.39 is 17.7 Å². The van der Waals surface area contributed by atoms with Crippen LogP contribution in [0.4, 0.5) is 0 Å². The number of likely N-dealkylation sites (tertiary alicyclic amines) is 1. The molecular formula is C19H15BrClNO4. The summed E-state index contributed by atoms with van der Waals surface area (Å²) in [6.07, 6.45) is 0. The Bertz CT molecular complexity index is 877. The first kappa shape index (κ1) is 18.6. The molecule has 134 valence electrons. The van der Waals surface area contributed by atoms with Crippen molar-refractivity contribution in [2.24, 2.45) is 0 Å². The molecule has 3 rings (SSSR count). The highest BCUT2D eigenvalue weighted by atomic mass is 79.9. The zero-order valence-corrected chi connectivity index (χ0v) is 15.9. The summed E-state index contributed by atoms with van der Waals surface area (Å²) in [7, 11) is 0. The number of amides is 1. The molecular weight excluding hydrogens is 422 g/mol. The number of nitrogens with zero attached hydrogens (tertiary/aromatic N) is 1. The molecule has 7 heteroatoms. The molecule has 2 aromatic rings. The van der Waals surface area contributed by atoms with Gasteiger partial charge in [-0.15, -0.1) is 0 Å². The fourth-order valence-electron chi connectivity index (χ4n) is 2.97. The van der Waals surface area contributed by atoms with Crippen molar-refractivity contribution in [1.82, 2.24) is 4.90 Å². The van der Waals surface area contributed by atoms with E-state index in [-0.39, 0.29) is 24.5 Å². The molecule has 2 N–H and O–H groups in total. The van der Waals surface area contributed by atoms with Crippen molar-refractivity contribution < 1.29 is 19.8 Å². The van der Waals surface area contributed by atoms with Gasteiger partial charge in [-0.3, -0.25) is 9.59 Å². The molecule has 1 unspecified atom stereocenters. The van der Waals surface area contributed by atoms with Gasteiger partial charge in [0.15, 0.2) is 0 Å². The van der Waals surface area contributed by atoms with Crippen LogP contribution in [0.15, 0.2) is 58.6 Å². The van der Waals surface area contributed by atoms with Gasteiger partial charge in [0.1, 0.15) is 5.76 Å². The van der Waals surface area contributed by atoms with Gasteiger partial charge in [0, 0.05) is 21.6 Å². The van der Waals surface area contributed by atoms with E-state index in [0.717, 1.165) is 4.47 Å². The lowest BCUT2D eigenvalue weighted by atomic mass is 9.95. The van der Waals surface area contributed by atoms with E-state index in [1.54, 1.807) is 48.5 Å². The Morgan fingerprint density at radius 2 is 1.69 bits per heavy atom. The summed E-state index contributed by atoms with van der Waals surface area (Å²) in [5.41, 5.74) is 1.04. The molecule has 0 saturated carbocycles. The number of hydrogen-bond acceptors (Lipinski definition) is 4. The van der Waals surface area contributed by atoms with Gasteiger partial charge in [-0.05, 0) is 29.8 Å². The van der Waals surface area contributed by atoms with Crippen molar-refractivity contribution in [2.75, 3.05) is 13.2 Å². The molecule has 1 fully saturated rings. The van der Waals surface area contributed by atoms with Gasteiger partial charge in [-0.1, -0.05) is 51.8 Å². The normalized spacial score (nSPS) is 19.2. The second kappa shape index (κ2) is 7.61. The molecule has 26 heavy (non-hydrogen) atoms. The van der Waals surface area contributed by atoms with Crippen molar-refractivity contribution >= 4 is 45.0 Å². The van der Waals surface area contributed by atoms with Crippen LogP contribution in [0.3, 0.4) is 0 Å². The predicted molar refractivity (Wildman–Crippen MR) is 102 cm³/mol. The zero-order chi connectivity index (χ0) is 18.8. The van der Waals surface area contributed by atoms with E-state index in [0.29, 0.717) is 16.1 Å². The highest BCUT2D eigenvalue weighted by Gasteiger charge is 2.45. The summed E-state index contributed by atoms with van der Waals surface area (Å²) in [5.74, 6) is -1.78. The third kappa shape index (κ3) is 3.40. The molecule has 0 bridgehead atoms. The summed E-state index contributed by atoms with van der Waals surface area (Å²) in [4.78, 5) is 26.3. The first-order chi connectivity index (χ1) is 12.4. The fraction of sp³-hybridized carbons (Fsp3) is 0.158. The summed E-state index contributed by atoms with van der Waals surface area (Å²) >= 11 is 9.25. The maximum absolute atomic E-state index is 12.6. The molecule has 1 aliphatic heterocycles. The summed E-state index contributed by atoms with van der Waals surface area (Å²) in [5, 5.41) is 20.6. The maximum atomic E-state index is 12.6. The first-order valence-electron chi connectivity index (χ1n) is 7.84. The predicted octanol–water partition coefficient (Wildman–Crippen LogP) is 3.52. The van der Waals surface area contributed by atoms with E-state index in [1.165, 1.54) is 4.90 Å². The van der Waals surface area contributed by atoms with Crippen molar-refractivity contribution in [3.63, 3.8) is 0 Å². The fourth-order valence-corrected chi connectivity index (χ4v) is 3.36. The lowest BCUT2D eigenvalue weighted by molar-refractivity contribution is -0.140. The number of β-amino-alcohol motifs (C(OH)–C–C–N with tert-alkyl or cyclic N) is 1. The summed E-state index contributed by atoms with van der Waals surface area (Å²) in [6, 6.07) is 12.7. The third-order valence-electron chi connectivity index (χ3n) is 4.18. The van der Waals surface area contributed by atoms with Crippen LogP contribution in [0, 0.1) is 0 Å². The van der Waals surface area contributed by atoms with Crippen LogP contribution in [0.25, 0.3) is 5.76 Å². The standard InChI is InChI=1S/C19H15BrClNO4/c20-13-5-1-12(2-6-13)17(24)15-16(11-3-7-14(21)8-4-11)22(9-10-23)19(26)18(15)25/h1-8,16,23-24H,9-10H2/b17-15-. The monoisotopic (exact) mass is 435 g/mol. The molecule has 1 aliphatic rings. The van der Waals surface area contributed by atoms with Crippen molar-refractivity contribution in [2.45, 2.75) is 6.04 Å². The number of benzene rings is 2. The third-order valence-corrected chi connectivity index (χ3v) is 4.96. The molecule has 2 aromatic carbocycles. The van der Waals surface area contributed by atoms with Crippen molar-refractivity contribution in [1.29, 1.82) is 0 Å². The Labute approximate surface area is 163 Å². The number of hydrogen-bond donors (Lipinski definition) is 2. The van der Waals surface area contributed by atoms with Gasteiger partial charge in [-0.2, -0.15) is 0 Å². The number of ketones is 1. The van der Waals surface area contributed by atoms with Crippen LogP contribution in [-0.2, 0) is 9.59 Å².